The van der Waals surface area contributed by atoms with Gasteiger partial charge in [-0.3, -0.25) is 4.90 Å². The van der Waals surface area contributed by atoms with E-state index in [0.29, 0.717) is 18.2 Å². The molecule has 26 heavy (non-hydrogen) atoms. The minimum Gasteiger partial charge on any atom is -0.492 e. The number of ether oxygens (including phenoxy) is 2. The van der Waals surface area contributed by atoms with E-state index in [1.54, 1.807) is 30.5 Å². The molecule has 1 fully saturated rings. The van der Waals surface area contributed by atoms with Crippen molar-refractivity contribution in [3.05, 3.63) is 48.7 Å². The predicted molar refractivity (Wildman–Crippen MR) is 99.4 cm³/mol. The summed E-state index contributed by atoms with van der Waals surface area (Å²) in [5.74, 6) is 1.27. The molecule has 0 aliphatic carbocycles. The van der Waals surface area contributed by atoms with Crippen LogP contribution in [0.25, 0.3) is 0 Å². The van der Waals surface area contributed by atoms with Crippen molar-refractivity contribution in [1.29, 1.82) is 0 Å². The van der Waals surface area contributed by atoms with Crippen LogP contribution in [0, 0.1) is 0 Å². The monoisotopic (exact) mass is 376 g/mol. The second kappa shape index (κ2) is 8.51. The fourth-order valence-electron chi connectivity index (χ4n) is 2.93. The molecule has 1 saturated heterocycles. The van der Waals surface area contributed by atoms with Gasteiger partial charge in [-0.25, -0.2) is 13.4 Å². The van der Waals surface area contributed by atoms with Crippen LogP contribution in [0.1, 0.15) is 12.8 Å². The van der Waals surface area contributed by atoms with Crippen LogP contribution in [0.3, 0.4) is 0 Å². The summed E-state index contributed by atoms with van der Waals surface area (Å²) in [5, 5.41) is 0. The topological polar surface area (TPSA) is 68.7 Å². The Kier molecular flexibility index (Phi) is 6.11. The van der Waals surface area contributed by atoms with Crippen molar-refractivity contribution in [2.45, 2.75) is 23.8 Å². The molecule has 2 heterocycles. The van der Waals surface area contributed by atoms with E-state index >= 15 is 0 Å². The lowest BCUT2D eigenvalue weighted by Gasteiger charge is -2.31. The molecular weight excluding hydrogens is 352 g/mol. The number of likely N-dealkylation sites (tertiary alicyclic amines) is 1. The van der Waals surface area contributed by atoms with E-state index < -0.39 is 9.84 Å². The molecule has 1 aliphatic rings. The maximum atomic E-state index is 11.6. The number of nitrogens with zero attached hydrogens (tertiary/aromatic N) is 2. The first-order valence-electron chi connectivity index (χ1n) is 8.74. The van der Waals surface area contributed by atoms with E-state index in [9.17, 15) is 8.42 Å². The largest absolute Gasteiger partial charge is 0.492 e. The fraction of sp³-hybridized carbons (Fsp3) is 0.421. The Morgan fingerprint density at radius 3 is 2.65 bits per heavy atom. The molecule has 0 spiro atoms. The zero-order chi connectivity index (χ0) is 18.4. The van der Waals surface area contributed by atoms with Crippen molar-refractivity contribution in [2.24, 2.45) is 0 Å². The Balaban J connectivity index is 1.40. The van der Waals surface area contributed by atoms with E-state index in [-0.39, 0.29) is 11.0 Å². The van der Waals surface area contributed by atoms with Crippen LogP contribution in [0.15, 0.2) is 53.6 Å². The zero-order valence-electron chi connectivity index (χ0n) is 14.9. The molecule has 0 atom stereocenters. The van der Waals surface area contributed by atoms with Gasteiger partial charge >= 0.3 is 0 Å². The second-order valence-corrected chi connectivity index (χ2v) is 8.44. The minimum atomic E-state index is -3.21. The highest BCUT2D eigenvalue weighted by atomic mass is 32.2. The predicted octanol–water partition coefficient (Wildman–Crippen LogP) is 2.41. The molecule has 0 saturated carbocycles. The summed E-state index contributed by atoms with van der Waals surface area (Å²) in [4.78, 5) is 6.81. The van der Waals surface area contributed by atoms with Crippen LogP contribution in [-0.4, -0.2) is 56.9 Å². The third kappa shape index (κ3) is 5.44. The lowest BCUT2D eigenvalue weighted by molar-refractivity contribution is 0.0883. The first-order valence-corrected chi connectivity index (χ1v) is 10.6. The Morgan fingerprint density at radius 1 is 1.15 bits per heavy atom. The quantitative estimate of drug-likeness (QED) is 0.739. The van der Waals surface area contributed by atoms with Gasteiger partial charge in [-0.15, -0.1) is 0 Å². The highest BCUT2D eigenvalue weighted by Gasteiger charge is 2.20. The van der Waals surface area contributed by atoms with Gasteiger partial charge in [0.15, 0.2) is 9.84 Å². The molecule has 6 nitrogen and oxygen atoms in total. The number of hydrogen-bond acceptors (Lipinski definition) is 6. The SMILES string of the molecule is CS(=O)(=O)c1cccc(OCCN2CCC(Oc3ccccn3)CC2)c1. The first-order chi connectivity index (χ1) is 12.5. The number of rotatable bonds is 7. The van der Waals surface area contributed by atoms with Gasteiger partial charge in [0.25, 0.3) is 0 Å². The molecule has 0 N–H and O–H groups in total. The Hall–Kier alpha value is -2.12. The fourth-order valence-corrected chi connectivity index (χ4v) is 3.58. The van der Waals surface area contributed by atoms with Crippen molar-refractivity contribution >= 4 is 9.84 Å². The van der Waals surface area contributed by atoms with E-state index in [1.165, 1.54) is 6.26 Å². The van der Waals surface area contributed by atoms with Crippen molar-refractivity contribution in [2.75, 3.05) is 32.5 Å². The highest BCUT2D eigenvalue weighted by Crippen LogP contribution is 2.19. The summed E-state index contributed by atoms with van der Waals surface area (Å²) in [5.41, 5.74) is 0. The van der Waals surface area contributed by atoms with Gasteiger partial charge in [0.2, 0.25) is 5.88 Å². The van der Waals surface area contributed by atoms with Gasteiger partial charge < -0.3 is 9.47 Å². The van der Waals surface area contributed by atoms with Gasteiger partial charge in [0, 0.05) is 38.2 Å². The summed E-state index contributed by atoms with van der Waals surface area (Å²) >= 11 is 0. The van der Waals surface area contributed by atoms with E-state index in [2.05, 4.69) is 9.88 Å². The van der Waals surface area contributed by atoms with Crippen molar-refractivity contribution in [3.8, 4) is 11.6 Å². The standard InChI is InChI=1S/C19H24N2O4S/c1-26(22,23)18-6-4-5-17(15-18)24-14-13-21-11-8-16(9-12-21)25-19-7-2-3-10-20-19/h2-7,10,15-16H,8-9,11-14H2,1H3. The zero-order valence-corrected chi connectivity index (χ0v) is 15.7. The number of sulfone groups is 1. The molecule has 1 aliphatic heterocycles. The number of hydrogen-bond donors (Lipinski definition) is 0. The van der Waals surface area contributed by atoms with E-state index in [4.69, 9.17) is 9.47 Å². The molecule has 0 bridgehead atoms. The van der Waals surface area contributed by atoms with Crippen molar-refractivity contribution in [3.63, 3.8) is 0 Å². The van der Waals surface area contributed by atoms with Crippen LogP contribution in [0.2, 0.25) is 0 Å². The van der Waals surface area contributed by atoms with E-state index in [1.807, 2.05) is 18.2 Å². The van der Waals surface area contributed by atoms with Gasteiger partial charge in [-0.1, -0.05) is 12.1 Å². The Morgan fingerprint density at radius 2 is 1.96 bits per heavy atom. The summed E-state index contributed by atoms with van der Waals surface area (Å²) < 4.78 is 34.8. The van der Waals surface area contributed by atoms with E-state index in [0.717, 1.165) is 32.5 Å². The second-order valence-electron chi connectivity index (χ2n) is 6.42. The van der Waals surface area contributed by atoms with Gasteiger partial charge in [0.1, 0.15) is 18.5 Å². The summed E-state index contributed by atoms with van der Waals surface area (Å²) in [6.07, 6.45) is 5.05. The smallest absolute Gasteiger partial charge is 0.213 e. The normalized spacial score (nSPS) is 16.3. The van der Waals surface area contributed by atoms with Crippen LogP contribution in [0.5, 0.6) is 11.6 Å². The molecule has 0 unspecified atom stereocenters. The summed E-state index contributed by atoms with van der Waals surface area (Å²) in [6, 6.07) is 12.3. The molecule has 0 amide bonds. The van der Waals surface area contributed by atoms with Crippen LogP contribution < -0.4 is 9.47 Å². The van der Waals surface area contributed by atoms with Gasteiger partial charge in [-0.05, 0) is 37.1 Å². The number of piperidine rings is 1. The molecule has 7 heteroatoms. The van der Waals surface area contributed by atoms with Crippen LogP contribution in [-0.2, 0) is 9.84 Å². The summed E-state index contributed by atoms with van der Waals surface area (Å²) in [7, 11) is -3.21. The molecule has 1 aromatic heterocycles. The maximum Gasteiger partial charge on any atom is 0.213 e. The number of benzene rings is 1. The average Bonchev–Trinajstić information content (AvgIpc) is 2.64. The third-order valence-corrected chi connectivity index (χ3v) is 5.48. The van der Waals surface area contributed by atoms with Gasteiger partial charge in [-0.2, -0.15) is 0 Å². The highest BCUT2D eigenvalue weighted by molar-refractivity contribution is 7.90. The van der Waals surface area contributed by atoms with Crippen molar-refractivity contribution < 1.29 is 17.9 Å². The molecule has 2 aromatic rings. The lowest BCUT2D eigenvalue weighted by atomic mass is 10.1. The molecule has 3 rings (SSSR count). The Labute approximate surface area is 154 Å². The molecule has 1 aromatic carbocycles. The van der Waals surface area contributed by atoms with Gasteiger partial charge in [0.05, 0.1) is 4.90 Å². The van der Waals surface area contributed by atoms with Crippen molar-refractivity contribution in [1.82, 2.24) is 9.88 Å². The van der Waals surface area contributed by atoms with Crippen LogP contribution in [0.4, 0.5) is 0 Å². The molecule has 140 valence electrons. The number of pyridine rings is 1. The molecular formula is C19H24N2O4S. The maximum absolute atomic E-state index is 11.6. The Bertz CT molecular complexity index is 803. The van der Waals surface area contributed by atoms with Crippen LogP contribution >= 0.6 is 0 Å². The average molecular weight is 376 g/mol. The molecule has 0 radical (unpaired) electrons. The minimum absolute atomic E-state index is 0.202. The third-order valence-electron chi connectivity index (χ3n) is 4.37. The summed E-state index contributed by atoms with van der Waals surface area (Å²) in [6.45, 7) is 3.23. The first kappa shape index (κ1) is 18.7. The lowest BCUT2D eigenvalue weighted by Crippen LogP contribution is -2.40. The number of aromatic nitrogens is 1.